The molecular weight excluding hydrogens is 567 g/mol. The Morgan fingerprint density at radius 2 is 1.82 bits per heavy atom. The number of benzene rings is 1. The Morgan fingerprint density at radius 1 is 1.11 bits per heavy atom. The normalized spacial score (nSPS) is 16.9. The van der Waals surface area contributed by atoms with Gasteiger partial charge in [0.25, 0.3) is 0 Å². The number of hydrogen-bond donors (Lipinski definition) is 2. The molecule has 8 nitrogen and oxygen atoms in total. The summed E-state index contributed by atoms with van der Waals surface area (Å²) in [7, 11) is 0. The number of hydrogen-bond acceptors (Lipinski definition) is 5. The number of rotatable bonds is 7. The van der Waals surface area contributed by atoms with E-state index in [1.54, 1.807) is 11.3 Å². The molecule has 3 aromatic heterocycles. The van der Waals surface area contributed by atoms with Gasteiger partial charge < -0.3 is 14.8 Å². The summed E-state index contributed by atoms with van der Waals surface area (Å²) in [5, 5.41) is 20.2. The van der Waals surface area contributed by atoms with Gasteiger partial charge in [0, 0.05) is 61.3 Å². The minimum atomic E-state index is -0.617. The van der Waals surface area contributed by atoms with Crippen LogP contribution in [0.3, 0.4) is 0 Å². The van der Waals surface area contributed by atoms with Crippen LogP contribution in [0.5, 0.6) is 0 Å². The zero-order chi connectivity index (χ0) is 31.0. The van der Waals surface area contributed by atoms with E-state index < -0.39 is 5.41 Å². The average molecular weight is 608 g/mol. The van der Waals surface area contributed by atoms with E-state index >= 15 is 0 Å². The lowest BCUT2D eigenvalue weighted by Gasteiger charge is -2.28. The van der Waals surface area contributed by atoms with Gasteiger partial charge in [-0.3, -0.25) is 15.2 Å². The van der Waals surface area contributed by atoms with Gasteiger partial charge in [0.2, 0.25) is 11.9 Å². The summed E-state index contributed by atoms with van der Waals surface area (Å²) in [6.45, 7) is 11.8. The molecule has 0 bridgehead atoms. The molecule has 2 saturated heterocycles. The zero-order valence-corrected chi connectivity index (χ0v) is 26.9. The van der Waals surface area contributed by atoms with Crippen molar-refractivity contribution in [1.29, 1.82) is 10.7 Å². The van der Waals surface area contributed by atoms with E-state index in [0.29, 0.717) is 18.9 Å². The van der Waals surface area contributed by atoms with E-state index in [1.165, 1.54) is 21.6 Å². The van der Waals surface area contributed by atoms with Crippen molar-refractivity contribution in [3.8, 4) is 17.5 Å². The standard InChI is InChI=1S/C35H41N7OS/c1-23-17-24(2)19-27(18-23)31-28(29-20-30(44-32(29)39-31)35(3,4)33(43)40-13-5-6-14-40)10-16-42(22-36)34(37)41-15-9-26(21-41)25-7-11-38-12-8-25/h7-8,11-12,17-20,26,37,39H,5-6,9-10,13-16,21H2,1-4H3. The molecule has 228 valence electrons. The lowest BCUT2D eigenvalue weighted by molar-refractivity contribution is -0.135. The summed E-state index contributed by atoms with van der Waals surface area (Å²) in [5.41, 5.74) is 6.30. The van der Waals surface area contributed by atoms with Crippen LogP contribution in [0, 0.1) is 30.7 Å². The van der Waals surface area contributed by atoms with E-state index in [2.05, 4.69) is 54.3 Å². The van der Waals surface area contributed by atoms with E-state index in [4.69, 9.17) is 5.41 Å². The number of nitrogens with zero attached hydrogens (tertiary/aromatic N) is 5. The molecule has 2 aliphatic rings. The number of nitriles is 1. The van der Waals surface area contributed by atoms with Crippen LogP contribution in [0.4, 0.5) is 0 Å². The van der Waals surface area contributed by atoms with E-state index in [9.17, 15) is 10.1 Å². The molecule has 2 N–H and O–H groups in total. The Hall–Kier alpha value is -4.16. The number of carbonyl (C=O) groups is 1. The monoisotopic (exact) mass is 607 g/mol. The van der Waals surface area contributed by atoms with Crippen molar-refractivity contribution in [3.05, 3.63) is 75.9 Å². The number of thiophene rings is 1. The molecule has 0 aliphatic carbocycles. The molecule has 1 amide bonds. The third-order valence-electron chi connectivity index (χ3n) is 9.28. The molecule has 6 rings (SSSR count). The number of likely N-dealkylation sites (tertiary alicyclic amines) is 2. The van der Waals surface area contributed by atoms with Gasteiger partial charge in [0.15, 0.2) is 6.19 Å². The van der Waals surface area contributed by atoms with Crippen molar-refractivity contribution in [2.75, 3.05) is 32.7 Å². The molecule has 0 spiro atoms. The van der Waals surface area contributed by atoms with Gasteiger partial charge in [-0.05, 0) is 100 Å². The van der Waals surface area contributed by atoms with Crippen LogP contribution in [0.2, 0.25) is 0 Å². The number of aromatic amines is 1. The first-order valence-electron chi connectivity index (χ1n) is 15.6. The largest absolute Gasteiger partial charge is 0.346 e. The predicted octanol–water partition coefficient (Wildman–Crippen LogP) is 6.56. The maximum atomic E-state index is 13.5. The number of guanidine groups is 1. The Balaban J connectivity index is 1.28. The van der Waals surface area contributed by atoms with Gasteiger partial charge >= 0.3 is 0 Å². The number of aromatic nitrogens is 2. The Bertz CT molecular complexity index is 1700. The van der Waals surface area contributed by atoms with Crippen LogP contribution in [0.15, 0.2) is 48.8 Å². The molecule has 1 atom stereocenters. The van der Waals surface area contributed by atoms with E-state index in [1.807, 2.05) is 48.2 Å². The van der Waals surface area contributed by atoms with Gasteiger partial charge in [0.1, 0.15) is 4.83 Å². The number of nitrogens with one attached hydrogen (secondary N) is 2. The fourth-order valence-corrected chi connectivity index (χ4v) is 8.03. The summed E-state index contributed by atoms with van der Waals surface area (Å²) in [5.74, 6) is 0.775. The first kappa shape index (κ1) is 29.9. The van der Waals surface area contributed by atoms with Crippen molar-refractivity contribution in [2.24, 2.45) is 0 Å². The summed E-state index contributed by atoms with van der Waals surface area (Å²) in [6, 6.07) is 12.8. The first-order valence-corrected chi connectivity index (χ1v) is 16.4. The fourth-order valence-electron chi connectivity index (χ4n) is 6.84. The fraction of sp³-hybridized carbons (Fsp3) is 0.429. The van der Waals surface area contributed by atoms with Crippen LogP contribution >= 0.6 is 11.3 Å². The van der Waals surface area contributed by atoms with E-state index in [0.717, 1.165) is 77.4 Å². The summed E-state index contributed by atoms with van der Waals surface area (Å²) in [6.07, 6.45) is 9.61. The van der Waals surface area contributed by atoms with Crippen LogP contribution in [-0.2, 0) is 16.6 Å². The first-order chi connectivity index (χ1) is 21.2. The third kappa shape index (κ3) is 5.71. The molecule has 0 radical (unpaired) electrons. The number of fused-ring (bicyclic) bond motifs is 1. The lowest BCUT2D eigenvalue weighted by Crippen LogP contribution is -2.41. The molecule has 1 unspecified atom stereocenters. The summed E-state index contributed by atoms with van der Waals surface area (Å²) < 4.78 is 0. The Labute approximate surface area is 263 Å². The second kappa shape index (κ2) is 12.1. The lowest BCUT2D eigenvalue weighted by atomic mass is 9.89. The minimum absolute atomic E-state index is 0.190. The maximum Gasteiger partial charge on any atom is 0.233 e. The van der Waals surface area contributed by atoms with Gasteiger partial charge in [-0.25, -0.2) is 4.90 Å². The molecule has 2 fully saturated rings. The quantitative estimate of drug-likeness (QED) is 0.107. The molecule has 9 heteroatoms. The number of carbonyl (C=O) groups excluding carboxylic acids is 1. The highest BCUT2D eigenvalue weighted by molar-refractivity contribution is 7.19. The number of aryl methyl sites for hydroxylation is 2. The van der Waals surface area contributed by atoms with E-state index in [-0.39, 0.29) is 11.9 Å². The topological polar surface area (TPSA) is 103 Å². The van der Waals surface area contributed by atoms with Crippen molar-refractivity contribution in [1.82, 2.24) is 24.7 Å². The number of pyridine rings is 1. The minimum Gasteiger partial charge on any atom is -0.346 e. The highest BCUT2D eigenvalue weighted by atomic mass is 32.1. The second-order valence-electron chi connectivity index (χ2n) is 12.9. The molecule has 4 aromatic rings. The highest BCUT2D eigenvalue weighted by Gasteiger charge is 2.37. The molecule has 5 heterocycles. The summed E-state index contributed by atoms with van der Waals surface area (Å²) in [4.78, 5) is 29.0. The van der Waals surface area contributed by atoms with Crippen molar-refractivity contribution in [3.63, 3.8) is 0 Å². The Morgan fingerprint density at radius 3 is 2.50 bits per heavy atom. The molecule has 2 aliphatic heterocycles. The van der Waals surface area contributed by atoms with Gasteiger partial charge in [-0.1, -0.05) is 17.2 Å². The van der Waals surface area contributed by atoms with Crippen molar-refractivity contribution in [2.45, 2.75) is 64.7 Å². The second-order valence-corrected chi connectivity index (χ2v) is 13.9. The third-order valence-corrected chi connectivity index (χ3v) is 10.7. The van der Waals surface area contributed by atoms with Crippen LogP contribution in [0.25, 0.3) is 21.5 Å². The molecule has 44 heavy (non-hydrogen) atoms. The maximum absolute atomic E-state index is 13.5. The van der Waals surface area contributed by atoms with Gasteiger partial charge in [0.05, 0.1) is 11.1 Å². The van der Waals surface area contributed by atoms with Gasteiger partial charge in [-0.15, -0.1) is 11.3 Å². The molecule has 0 saturated carbocycles. The number of H-pyrrole nitrogens is 1. The van der Waals surface area contributed by atoms with Crippen LogP contribution < -0.4 is 0 Å². The average Bonchev–Trinajstić information content (AvgIpc) is 3.82. The smallest absolute Gasteiger partial charge is 0.233 e. The molecular formula is C35H41N7OS. The highest BCUT2D eigenvalue weighted by Crippen LogP contribution is 2.41. The van der Waals surface area contributed by atoms with Crippen molar-refractivity contribution >= 4 is 33.4 Å². The zero-order valence-electron chi connectivity index (χ0n) is 26.1. The Kier molecular flexibility index (Phi) is 8.21. The van der Waals surface area contributed by atoms with Crippen LogP contribution in [-0.4, -0.2) is 69.3 Å². The SMILES string of the molecule is Cc1cc(C)cc(-c2[nH]c3sc(C(C)(C)C(=O)N4CCCC4)cc3c2CCN(C#N)C(=N)N2CCC(c3ccncc3)C2)c1. The van der Waals surface area contributed by atoms with Gasteiger partial charge in [-0.2, -0.15) is 5.26 Å². The summed E-state index contributed by atoms with van der Waals surface area (Å²) >= 11 is 1.66. The molecule has 1 aromatic carbocycles. The predicted molar refractivity (Wildman–Crippen MR) is 177 cm³/mol. The van der Waals surface area contributed by atoms with Crippen LogP contribution in [0.1, 0.15) is 66.2 Å². The number of amides is 1. The van der Waals surface area contributed by atoms with Crippen molar-refractivity contribution < 1.29 is 4.79 Å².